The van der Waals surface area contributed by atoms with E-state index in [0.717, 1.165) is 10.0 Å². The Labute approximate surface area is 91.7 Å². The van der Waals surface area contributed by atoms with Crippen LogP contribution in [0.25, 0.3) is 0 Å². The molecule has 0 fully saturated rings. The van der Waals surface area contributed by atoms with Gasteiger partial charge in [-0.15, -0.1) is 0 Å². The number of rotatable bonds is 2. The number of hydrogen-bond donors (Lipinski definition) is 3. The molecule has 0 aliphatic carbocycles. The van der Waals surface area contributed by atoms with Gasteiger partial charge in [-0.3, -0.25) is 0 Å². The van der Waals surface area contributed by atoms with E-state index < -0.39 is 12.1 Å². The summed E-state index contributed by atoms with van der Waals surface area (Å²) >= 11 is 3.33. The molecule has 0 radical (unpaired) electrons. The lowest BCUT2D eigenvalue weighted by molar-refractivity contribution is 0.150. The van der Waals surface area contributed by atoms with E-state index in [1.807, 2.05) is 6.92 Å². The zero-order valence-corrected chi connectivity index (χ0v) is 9.75. The number of aliphatic hydroxyl groups excluding tert-OH is 1. The summed E-state index contributed by atoms with van der Waals surface area (Å²) in [7, 11) is 0. The van der Waals surface area contributed by atoms with E-state index in [4.69, 9.17) is 5.73 Å². The minimum absolute atomic E-state index is 0.0792. The maximum Gasteiger partial charge on any atom is 0.121 e. The van der Waals surface area contributed by atoms with E-state index >= 15 is 0 Å². The molecule has 1 aromatic carbocycles. The Morgan fingerprint density at radius 2 is 2.00 bits per heavy atom. The summed E-state index contributed by atoms with van der Waals surface area (Å²) in [5.74, 6) is 0.0792. The van der Waals surface area contributed by atoms with Crippen LogP contribution in [-0.4, -0.2) is 16.3 Å². The third kappa shape index (κ3) is 2.26. The van der Waals surface area contributed by atoms with Gasteiger partial charge in [-0.05, 0) is 31.5 Å². The van der Waals surface area contributed by atoms with Gasteiger partial charge in [0.05, 0.1) is 6.10 Å². The summed E-state index contributed by atoms with van der Waals surface area (Å²) in [4.78, 5) is 0. The average Bonchev–Trinajstić information content (AvgIpc) is 2.10. The maximum atomic E-state index is 9.69. The summed E-state index contributed by atoms with van der Waals surface area (Å²) in [6.07, 6.45) is -0.841. The first kappa shape index (κ1) is 11.5. The van der Waals surface area contributed by atoms with E-state index in [2.05, 4.69) is 15.9 Å². The lowest BCUT2D eigenvalue weighted by Crippen LogP contribution is -2.24. The summed E-state index contributed by atoms with van der Waals surface area (Å²) in [6, 6.07) is 2.89. The van der Waals surface area contributed by atoms with Gasteiger partial charge in [0.15, 0.2) is 0 Å². The second kappa shape index (κ2) is 4.29. The first-order valence-corrected chi connectivity index (χ1v) is 5.15. The molecule has 1 rings (SSSR count). The van der Waals surface area contributed by atoms with Crippen LogP contribution in [0.4, 0.5) is 0 Å². The number of aromatic hydroxyl groups is 1. The fourth-order valence-corrected chi connectivity index (χ4v) is 1.56. The van der Waals surface area contributed by atoms with Crippen molar-refractivity contribution in [3.8, 4) is 5.75 Å². The Kier molecular flexibility index (Phi) is 3.53. The standard InChI is InChI=1S/C10H14BrNO2/c1-5-3-9(13)7(4-8(5)11)10(14)6(2)12/h3-4,6,10,13-14H,12H2,1-2H3. The van der Waals surface area contributed by atoms with Crippen LogP contribution in [0.5, 0.6) is 5.75 Å². The van der Waals surface area contributed by atoms with Crippen LogP contribution < -0.4 is 5.73 Å². The molecule has 14 heavy (non-hydrogen) atoms. The molecule has 0 amide bonds. The summed E-state index contributed by atoms with van der Waals surface area (Å²) in [6.45, 7) is 3.56. The topological polar surface area (TPSA) is 66.5 Å². The molecule has 1 aromatic rings. The molecule has 4 N–H and O–H groups in total. The number of nitrogens with two attached hydrogens (primary N) is 1. The van der Waals surface area contributed by atoms with Crippen LogP contribution in [0, 0.1) is 6.92 Å². The quantitative estimate of drug-likeness (QED) is 0.760. The number of hydrogen-bond acceptors (Lipinski definition) is 3. The third-order valence-electron chi connectivity index (χ3n) is 2.12. The molecule has 4 heteroatoms. The second-order valence-corrected chi connectivity index (χ2v) is 4.32. The van der Waals surface area contributed by atoms with Gasteiger partial charge < -0.3 is 15.9 Å². The highest BCUT2D eigenvalue weighted by Gasteiger charge is 2.17. The summed E-state index contributed by atoms with van der Waals surface area (Å²) in [5.41, 5.74) is 6.92. The molecule has 3 nitrogen and oxygen atoms in total. The number of phenols is 1. The van der Waals surface area contributed by atoms with Crippen LogP contribution in [0.3, 0.4) is 0 Å². The molecule has 0 aromatic heterocycles. The molecule has 0 bridgehead atoms. The molecule has 78 valence electrons. The Morgan fingerprint density at radius 3 is 2.50 bits per heavy atom. The third-order valence-corrected chi connectivity index (χ3v) is 2.98. The van der Waals surface area contributed by atoms with Crippen molar-refractivity contribution in [2.24, 2.45) is 5.73 Å². The van der Waals surface area contributed by atoms with Crippen molar-refractivity contribution in [3.05, 3.63) is 27.7 Å². The molecule has 0 aliphatic heterocycles. The molecule has 0 spiro atoms. The number of halogens is 1. The zero-order valence-electron chi connectivity index (χ0n) is 8.16. The number of aryl methyl sites for hydroxylation is 1. The molecule has 2 atom stereocenters. The van der Waals surface area contributed by atoms with Gasteiger partial charge in [-0.2, -0.15) is 0 Å². The van der Waals surface area contributed by atoms with Gasteiger partial charge >= 0.3 is 0 Å². The lowest BCUT2D eigenvalue weighted by Gasteiger charge is -2.17. The fourth-order valence-electron chi connectivity index (χ4n) is 1.20. The molecular formula is C10H14BrNO2. The van der Waals surface area contributed by atoms with E-state index in [1.54, 1.807) is 19.1 Å². The van der Waals surface area contributed by atoms with Gasteiger partial charge in [0, 0.05) is 16.1 Å². The van der Waals surface area contributed by atoms with Gasteiger partial charge in [-0.1, -0.05) is 15.9 Å². The van der Waals surface area contributed by atoms with Crippen molar-refractivity contribution in [2.75, 3.05) is 0 Å². The zero-order chi connectivity index (χ0) is 10.9. The molecular weight excluding hydrogens is 246 g/mol. The number of aliphatic hydroxyl groups is 1. The van der Waals surface area contributed by atoms with E-state index in [-0.39, 0.29) is 5.75 Å². The minimum atomic E-state index is -0.841. The van der Waals surface area contributed by atoms with Crippen LogP contribution in [-0.2, 0) is 0 Å². The molecule has 2 unspecified atom stereocenters. The Hall–Kier alpha value is -0.580. The number of phenolic OH excluding ortho intramolecular Hbond substituents is 1. The first-order chi connectivity index (χ1) is 6.43. The van der Waals surface area contributed by atoms with Crippen molar-refractivity contribution in [2.45, 2.75) is 26.0 Å². The van der Waals surface area contributed by atoms with E-state index in [0.29, 0.717) is 5.56 Å². The monoisotopic (exact) mass is 259 g/mol. The predicted molar refractivity (Wildman–Crippen MR) is 59.2 cm³/mol. The van der Waals surface area contributed by atoms with E-state index in [1.165, 1.54) is 0 Å². The molecule has 0 heterocycles. The van der Waals surface area contributed by atoms with Crippen LogP contribution in [0.2, 0.25) is 0 Å². The van der Waals surface area contributed by atoms with Crippen molar-refractivity contribution >= 4 is 15.9 Å². The highest BCUT2D eigenvalue weighted by molar-refractivity contribution is 9.10. The Morgan fingerprint density at radius 1 is 1.43 bits per heavy atom. The smallest absolute Gasteiger partial charge is 0.121 e. The molecule has 0 saturated heterocycles. The maximum absolute atomic E-state index is 9.69. The largest absolute Gasteiger partial charge is 0.508 e. The number of benzene rings is 1. The molecule has 0 saturated carbocycles. The Balaban J connectivity index is 3.15. The average molecular weight is 260 g/mol. The first-order valence-electron chi connectivity index (χ1n) is 4.36. The molecule has 0 aliphatic rings. The van der Waals surface area contributed by atoms with Gasteiger partial charge in [0.2, 0.25) is 0 Å². The van der Waals surface area contributed by atoms with Gasteiger partial charge in [0.1, 0.15) is 5.75 Å². The van der Waals surface area contributed by atoms with E-state index in [9.17, 15) is 10.2 Å². The van der Waals surface area contributed by atoms with Gasteiger partial charge in [-0.25, -0.2) is 0 Å². The van der Waals surface area contributed by atoms with Crippen LogP contribution >= 0.6 is 15.9 Å². The highest BCUT2D eigenvalue weighted by Crippen LogP contribution is 2.31. The minimum Gasteiger partial charge on any atom is -0.508 e. The van der Waals surface area contributed by atoms with Crippen LogP contribution in [0.15, 0.2) is 16.6 Å². The highest BCUT2D eigenvalue weighted by atomic mass is 79.9. The fraction of sp³-hybridized carbons (Fsp3) is 0.400. The van der Waals surface area contributed by atoms with Crippen molar-refractivity contribution in [1.82, 2.24) is 0 Å². The summed E-state index contributed by atoms with van der Waals surface area (Å²) < 4.78 is 0.852. The van der Waals surface area contributed by atoms with Crippen molar-refractivity contribution < 1.29 is 10.2 Å². The normalized spacial score (nSPS) is 15.2. The van der Waals surface area contributed by atoms with Crippen molar-refractivity contribution in [1.29, 1.82) is 0 Å². The SMILES string of the molecule is Cc1cc(O)c(C(O)C(C)N)cc1Br. The lowest BCUT2D eigenvalue weighted by atomic mass is 10.0. The van der Waals surface area contributed by atoms with Gasteiger partial charge in [0.25, 0.3) is 0 Å². The second-order valence-electron chi connectivity index (χ2n) is 3.46. The summed E-state index contributed by atoms with van der Waals surface area (Å²) in [5, 5.41) is 19.3. The van der Waals surface area contributed by atoms with Crippen molar-refractivity contribution in [3.63, 3.8) is 0 Å². The predicted octanol–water partition coefficient (Wildman–Crippen LogP) is 1.84. The Bertz CT molecular complexity index is 339. The van der Waals surface area contributed by atoms with Crippen LogP contribution in [0.1, 0.15) is 24.2 Å².